The maximum atomic E-state index is 13.0. The largest absolute Gasteiger partial charge is 0.462 e. The van der Waals surface area contributed by atoms with Crippen LogP contribution >= 0.6 is 0 Å². The lowest BCUT2D eigenvalue weighted by Gasteiger charge is -2.23. The summed E-state index contributed by atoms with van der Waals surface area (Å²) in [5.41, 5.74) is 3.90. The molecule has 2 aromatic rings. The van der Waals surface area contributed by atoms with Crippen LogP contribution in [0.5, 0.6) is 0 Å². The van der Waals surface area contributed by atoms with Crippen molar-refractivity contribution in [3.63, 3.8) is 0 Å². The summed E-state index contributed by atoms with van der Waals surface area (Å²) < 4.78 is 5.42. The number of ether oxygens (including phenoxy) is 1. The third-order valence-corrected chi connectivity index (χ3v) is 6.81. The summed E-state index contributed by atoms with van der Waals surface area (Å²) >= 11 is 0. The number of nitrogens with one attached hydrogen (secondary N) is 2. The van der Waals surface area contributed by atoms with Gasteiger partial charge in [0.1, 0.15) is 6.10 Å². The topological polar surface area (TPSA) is 84.5 Å². The van der Waals surface area contributed by atoms with E-state index >= 15 is 0 Å². The first-order valence-electron chi connectivity index (χ1n) is 10.4. The molecule has 0 radical (unpaired) electrons. The van der Waals surface area contributed by atoms with Gasteiger partial charge in [-0.15, -0.1) is 0 Å². The highest BCUT2D eigenvalue weighted by atomic mass is 16.6. The predicted octanol–water partition coefficient (Wildman–Crippen LogP) is 3.69. The Morgan fingerprint density at radius 2 is 1.87 bits per heavy atom. The Labute approximate surface area is 175 Å². The summed E-state index contributed by atoms with van der Waals surface area (Å²) in [5, 5.41) is 5.85. The second kappa shape index (κ2) is 6.97. The SMILES string of the molecule is Cc1ccc(NC(=O)c2cccc(NC(=O)[C@@H]3[C@@H]4C[C@H]5[C@@H]3C(=O)O[C@@H]5C4)c2)c(C)c1. The molecule has 0 aromatic heterocycles. The van der Waals surface area contributed by atoms with Crippen molar-refractivity contribution in [2.45, 2.75) is 32.8 Å². The maximum Gasteiger partial charge on any atom is 0.310 e. The smallest absolute Gasteiger partial charge is 0.310 e. The van der Waals surface area contributed by atoms with E-state index in [0.717, 1.165) is 29.7 Å². The molecule has 1 aliphatic heterocycles. The Kier molecular flexibility index (Phi) is 4.38. The van der Waals surface area contributed by atoms with Gasteiger partial charge in [0.15, 0.2) is 0 Å². The second-order valence-electron chi connectivity index (χ2n) is 8.76. The molecule has 30 heavy (non-hydrogen) atoms. The monoisotopic (exact) mass is 404 g/mol. The number of carbonyl (C=O) groups is 3. The van der Waals surface area contributed by atoms with Crippen LogP contribution in [0.1, 0.15) is 34.3 Å². The van der Waals surface area contributed by atoms with Gasteiger partial charge in [0.2, 0.25) is 5.91 Å². The van der Waals surface area contributed by atoms with Crippen LogP contribution in [0, 0.1) is 37.5 Å². The van der Waals surface area contributed by atoms with E-state index in [0.29, 0.717) is 11.3 Å². The van der Waals surface area contributed by atoms with Crippen molar-refractivity contribution in [1.29, 1.82) is 0 Å². The van der Waals surface area contributed by atoms with Crippen LogP contribution in [0.3, 0.4) is 0 Å². The molecule has 5 rings (SSSR count). The Morgan fingerprint density at radius 3 is 2.67 bits per heavy atom. The fourth-order valence-corrected chi connectivity index (χ4v) is 5.48. The van der Waals surface area contributed by atoms with E-state index in [2.05, 4.69) is 10.6 Å². The van der Waals surface area contributed by atoms with Gasteiger partial charge in [-0.3, -0.25) is 14.4 Å². The summed E-state index contributed by atoms with van der Waals surface area (Å²) in [7, 11) is 0. The molecule has 2 saturated carbocycles. The molecule has 2 aliphatic carbocycles. The minimum absolute atomic E-state index is 0.00815. The lowest BCUT2D eigenvalue weighted by atomic mass is 9.79. The van der Waals surface area contributed by atoms with E-state index in [1.165, 1.54) is 0 Å². The van der Waals surface area contributed by atoms with Crippen LogP contribution in [0.15, 0.2) is 42.5 Å². The van der Waals surface area contributed by atoms with Crippen LogP contribution in [-0.2, 0) is 14.3 Å². The fourth-order valence-electron chi connectivity index (χ4n) is 5.48. The minimum atomic E-state index is -0.339. The van der Waals surface area contributed by atoms with Crippen molar-refractivity contribution in [2.75, 3.05) is 10.6 Å². The molecule has 2 bridgehead atoms. The number of hydrogen-bond donors (Lipinski definition) is 2. The van der Waals surface area contributed by atoms with Gasteiger partial charge >= 0.3 is 5.97 Å². The molecule has 2 aromatic carbocycles. The number of aryl methyl sites for hydroxylation is 2. The fraction of sp³-hybridized carbons (Fsp3) is 0.375. The summed E-state index contributed by atoms with van der Waals surface area (Å²) in [5.74, 6) is -0.886. The summed E-state index contributed by atoms with van der Waals surface area (Å²) in [6.45, 7) is 3.96. The number of carbonyl (C=O) groups excluding carboxylic acids is 3. The highest BCUT2D eigenvalue weighted by molar-refractivity contribution is 6.06. The van der Waals surface area contributed by atoms with E-state index in [1.807, 2.05) is 32.0 Å². The first-order chi connectivity index (χ1) is 14.4. The van der Waals surface area contributed by atoms with Gasteiger partial charge in [0.25, 0.3) is 5.91 Å². The van der Waals surface area contributed by atoms with E-state index in [4.69, 9.17) is 4.74 Å². The lowest BCUT2D eigenvalue weighted by Crippen LogP contribution is -2.35. The molecule has 2 amide bonds. The van der Waals surface area contributed by atoms with Crippen molar-refractivity contribution < 1.29 is 19.1 Å². The number of amides is 2. The van der Waals surface area contributed by atoms with Crippen molar-refractivity contribution in [1.82, 2.24) is 0 Å². The third kappa shape index (κ3) is 3.07. The van der Waals surface area contributed by atoms with Crippen LogP contribution in [0.2, 0.25) is 0 Å². The molecule has 1 heterocycles. The van der Waals surface area contributed by atoms with Gasteiger partial charge in [0.05, 0.1) is 11.8 Å². The van der Waals surface area contributed by atoms with Crippen LogP contribution in [0.25, 0.3) is 0 Å². The minimum Gasteiger partial charge on any atom is -0.462 e. The molecule has 0 spiro atoms. The molecule has 6 nitrogen and oxygen atoms in total. The molecule has 2 N–H and O–H groups in total. The molecule has 0 unspecified atom stereocenters. The van der Waals surface area contributed by atoms with Crippen LogP contribution in [-0.4, -0.2) is 23.9 Å². The Bertz CT molecular complexity index is 1060. The first kappa shape index (κ1) is 18.9. The number of anilines is 2. The zero-order valence-corrected chi connectivity index (χ0v) is 17.0. The highest BCUT2D eigenvalue weighted by Gasteiger charge is 2.63. The Hall–Kier alpha value is -3.15. The van der Waals surface area contributed by atoms with Gasteiger partial charge in [-0.1, -0.05) is 23.8 Å². The summed E-state index contributed by atoms with van der Waals surface area (Å²) in [6.07, 6.45) is 1.68. The molecule has 1 saturated heterocycles. The van der Waals surface area contributed by atoms with Gasteiger partial charge in [-0.25, -0.2) is 0 Å². The first-order valence-corrected chi connectivity index (χ1v) is 10.4. The lowest BCUT2D eigenvalue weighted by molar-refractivity contribution is -0.145. The van der Waals surface area contributed by atoms with Crippen LogP contribution < -0.4 is 10.6 Å². The molecular formula is C24H24N2O4. The number of hydrogen-bond acceptors (Lipinski definition) is 4. The standard InChI is InChI=1S/C24H24N2O4/c1-12-6-7-18(13(2)8-12)26-22(27)14-4-3-5-16(9-14)25-23(28)20-15-10-17-19(11-15)30-24(29)21(17)20/h3-9,15,17,19-21H,10-11H2,1-2H3,(H,25,28)(H,26,27)/t15-,17-,19-,20-,21+/m1/s1. The van der Waals surface area contributed by atoms with E-state index < -0.39 is 0 Å². The second-order valence-corrected chi connectivity index (χ2v) is 8.76. The van der Waals surface area contributed by atoms with Crippen LogP contribution in [0.4, 0.5) is 11.4 Å². The van der Waals surface area contributed by atoms with Crippen molar-refractivity contribution >= 4 is 29.2 Å². The van der Waals surface area contributed by atoms with E-state index in [1.54, 1.807) is 24.3 Å². The van der Waals surface area contributed by atoms with E-state index in [-0.39, 0.29) is 47.6 Å². The van der Waals surface area contributed by atoms with Crippen molar-refractivity contribution in [3.05, 3.63) is 59.2 Å². The number of fused-ring (bicyclic) bond motifs is 1. The normalized spacial score (nSPS) is 28.3. The third-order valence-electron chi connectivity index (χ3n) is 6.81. The molecule has 5 atom stereocenters. The summed E-state index contributed by atoms with van der Waals surface area (Å²) in [6, 6.07) is 12.7. The van der Waals surface area contributed by atoms with Gasteiger partial charge < -0.3 is 15.4 Å². The summed E-state index contributed by atoms with van der Waals surface area (Å²) in [4.78, 5) is 37.8. The Balaban J connectivity index is 1.30. The molecular weight excluding hydrogens is 380 g/mol. The molecule has 3 aliphatic rings. The molecule has 3 fully saturated rings. The number of rotatable bonds is 4. The zero-order valence-electron chi connectivity index (χ0n) is 17.0. The average molecular weight is 404 g/mol. The highest BCUT2D eigenvalue weighted by Crippen LogP contribution is 2.57. The number of benzene rings is 2. The number of esters is 1. The van der Waals surface area contributed by atoms with E-state index in [9.17, 15) is 14.4 Å². The maximum absolute atomic E-state index is 13.0. The molecule has 154 valence electrons. The average Bonchev–Trinajstić information content (AvgIpc) is 3.33. The van der Waals surface area contributed by atoms with Gasteiger partial charge in [-0.2, -0.15) is 0 Å². The van der Waals surface area contributed by atoms with Gasteiger partial charge in [-0.05, 0) is 62.4 Å². The van der Waals surface area contributed by atoms with Gasteiger partial charge in [0, 0.05) is 22.9 Å². The zero-order chi connectivity index (χ0) is 21.0. The molecule has 6 heteroatoms. The van der Waals surface area contributed by atoms with Crippen molar-refractivity contribution in [2.24, 2.45) is 23.7 Å². The predicted molar refractivity (Wildman–Crippen MR) is 112 cm³/mol. The van der Waals surface area contributed by atoms with Crippen molar-refractivity contribution in [3.8, 4) is 0 Å². The Morgan fingerprint density at radius 1 is 1.03 bits per heavy atom. The quantitative estimate of drug-likeness (QED) is 0.761.